The van der Waals surface area contributed by atoms with Crippen LogP contribution in [0.5, 0.6) is 5.75 Å². The number of hydrogen-bond donors (Lipinski definition) is 2. The number of ether oxygens (including phenoxy) is 1. The van der Waals surface area contributed by atoms with Gasteiger partial charge in [-0.3, -0.25) is 0 Å². The van der Waals surface area contributed by atoms with Crippen LogP contribution in [0.2, 0.25) is 0 Å². The molecule has 1 aromatic heterocycles. The number of halogens is 1. The third kappa shape index (κ3) is 2.36. The van der Waals surface area contributed by atoms with Crippen molar-refractivity contribution in [1.29, 1.82) is 0 Å². The fraction of sp³-hybridized carbons (Fsp3) is 0.308. The quantitative estimate of drug-likeness (QED) is 0.911. The number of hydrogen-bond acceptors (Lipinski definition) is 3. The molecule has 0 unspecified atom stereocenters. The number of nitrogens with zero attached hydrogens (tertiary/aromatic N) is 1. The monoisotopic (exact) mass is 309 g/mol. The molecule has 5 heteroatoms. The Balaban J connectivity index is 2.54. The Morgan fingerprint density at radius 1 is 1.39 bits per heavy atom. The van der Waals surface area contributed by atoms with Crippen molar-refractivity contribution in [2.45, 2.75) is 19.8 Å². The Morgan fingerprint density at radius 3 is 2.61 bits per heavy atom. The van der Waals surface area contributed by atoms with Gasteiger partial charge in [0.2, 0.25) is 0 Å². The predicted octanol–water partition coefficient (Wildman–Crippen LogP) is 3.55. The van der Waals surface area contributed by atoms with Gasteiger partial charge in [0.05, 0.1) is 7.11 Å². The van der Waals surface area contributed by atoms with Crippen LogP contribution < -0.4 is 10.5 Å². The summed E-state index contributed by atoms with van der Waals surface area (Å²) >= 11 is 3.41. The Hall–Kier alpha value is -1.49. The van der Waals surface area contributed by atoms with Crippen LogP contribution >= 0.6 is 15.9 Å². The molecule has 0 saturated carbocycles. The lowest BCUT2D eigenvalue weighted by Crippen LogP contribution is -1.93. The van der Waals surface area contributed by atoms with Crippen LogP contribution in [0.15, 0.2) is 22.8 Å². The van der Waals surface area contributed by atoms with Gasteiger partial charge in [0.25, 0.3) is 0 Å². The number of anilines is 1. The van der Waals surface area contributed by atoms with Crippen LogP contribution in [-0.4, -0.2) is 17.1 Å². The molecule has 1 aromatic carbocycles. The van der Waals surface area contributed by atoms with Crippen LogP contribution in [0.25, 0.3) is 11.3 Å². The molecule has 0 amide bonds. The smallest absolute Gasteiger partial charge is 0.198 e. The molecule has 3 N–H and O–H groups in total. The van der Waals surface area contributed by atoms with Gasteiger partial charge in [0.15, 0.2) is 5.95 Å². The van der Waals surface area contributed by atoms with Crippen molar-refractivity contribution in [3.63, 3.8) is 0 Å². The summed E-state index contributed by atoms with van der Waals surface area (Å²) in [6, 6.07) is 6.13. The normalized spacial score (nSPS) is 10.9. The summed E-state index contributed by atoms with van der Waals surface area (Å²) in [6.45, 7) is 4.30. The number of nitrogens with one attached hydrogen (secondary N) is 1. The van der Waals surface area contributed by atoms with Crippen molar-refractivity contribution in [1.82, 2.24) is 9.97 Å². The van der Waals surface area contributed by atoms with Crippen LogP contribution in [0.3, 0.4) is 0 Å². The molecular formula is C13H16BrN3O. The number of benzene rings is 1. The highest BCUT2D eigenvalue weighted by atomic mass is 79.9. The van der Waals surface area contributed by atoms with Gasteiger partial charge in [0, 0.05) is 5.56 Å². The Labute approximate surface area is 115 Å². The van der Waals surface area contributed by atoms with Gasteiger partial charge in [-0.05, 0) is 39.5 Å². The van der Waals surface area contributed by atoms with E-state index in [2.05, 4.69) is 45.8 Å². The predicted molar refractivity (Wildman–Crippen MR) is 76.8 cm³/mol. The maximum atomic E-state index is 5.65. The minimum atomic E-state index is 0.381. The van der Waals surface area contributed by atoms with E-state index in [1.54, 1.807) is 7.11 Å². The van der Waals surface area contributed by atoms with E-state index in [1.165, 1.54) is 5.56 Å². The molecule has 96 valence electrons. The third-order valence-corrected chi connectivity index (χ3v) is 3.40. The van der Waals surface area contributed by atoms with Crippen molar-refractivity contribution in [3.05, 3.63) is 28.4 Å². The van der Waals surface area contributed by atoms with Crippen molar-refractivity contribution in [3.8, 4) is 17.0 Å². The summed E-state index contributed by atoms with van der Waals surface area (Å²) < 4.78 is 6.20. The first-order valence-corrected chi connectivity index (χ1v) is 6.51. The Morgan fingerprint density at radius 2 is 2.11 bits per heavy atom. The molecule has 0 saturated heterocycles. The highest BCUT2D eigenvalue weighted by Gasteiger charge is 2.14. The van der Waals surface area contributed by atoms with E-state index in [-0.39, 0.29) is 0 Å². The van der Waals surface area contributed by atoms with Crippen LogP contribution in [0, 0.1) is 0 Å². The first-order chi connectivity index (χ1) is 8.52. The summed E-state index contributed by atoms with van der Waals surface area (Å²) in [6.07, 6.45) is 0. The molecular weight excluding hydrogens is 294 g/mol. The van der Waals surface area contributed by atoms with Crippen molar-refractivity contribution in [2.24, 2.45) is 0 Å². The van der Waals surface area contributed by atoms with Gasteiger partial charge in [0.1, 0.15) is 16.0 Å². The fourth-order valence-electron chi connectivity index (χ4n) is 1.81. The summed E-state index contributed by atoms with van der Waals surface area (Å²) in [5, 5.41) is 0. The second kappa shape index (κ2) is 5.02. The molecule has 0 aliphatic carbocycles. The van der Waals surface area contributed by atoms with Gasteiger partial charge in [-0.25, -0.2) is 4.98 Å². The van der Waals surface area contributed by atoms with Gasteiger partial charge >= 0.3 is 0 Å². The van der Waals surface area contributed by atoms with Gasteiger partial charge in [-0.2, -0.15) is 0 Å². The first-order valence-electron chi connectivity index (χ1n) is 5.72. The van der Waals surface area contributed by atoms with Crippen LogP contribution in [0.1, 0.15) is 25.3 Å². The van der Waals surface area contributed by atoms with E-state index < -0.39 is 0 Å². The molecule has 0 spiro atoms. The third-order valence-electron chi connectivity index (χ3n) is 2.83. The number of nitrogens with two attached hydrogens (primary N) is 1. The maximum absolute atomic E-state index is 5.65. The Bertz CT molecular complexity index is 563. The molecule has 0 aliphatic heterocycles. The second-order valence-corrected chi connectivity index (χ2v) is 5.19. The molecule has 4 nitrogen and oxygen atoms in total. The zero-order chi connectivity index (χ0) is 13.3. The molecule has 0 fully saturated rings. The van der Waals surface area contributed by atoms with E-state index in [1.807, 2.05) is 12.1 Å². The van der Waals surface area contributed by atoms with Crippen LogP contribution in [-0.2, 0) is 0 Å². The molecule has 0 radical (unpaired) electrons. The molecule has 0 atom stereocenters. The SMILES string of the molecule is COc1cc(C(C)C)ccc1-c1nc(N)[nH]c1Br. The summed E-state index contributed by atoms with van der Waals surface area (Å²) in [5.74, 6) is 1.64. The molecule has 18 heavy (non-hydrogen) atoms. The van der Waals surface area contributed by atoms with Gasteiger partial charge in [-0.1, -0.05) is 19.9 Å². The molecule has 0 bridgehead atoms. The highest BCUT2D eigenvalue weighted by Crippen LogP contribution is 2.35. The minimum absolute atomic E-state index is 0.381. The number of H-pyrrole nitrogens is 1. The lowest BCUT2D eigenvalue weighted by Gasteiger charge is -2.11. The lowest BCUT2D eigenvalue weighted by molar-refractivity contribution is 0.415. The fourth-order valence-corrected chi connectivity index (χ4v) is 2.32. The summed E-state index contributed by atoms with van der Waals surface area (Å²) in [4.78, 5) is 7.18. The standard InChI is InChI=1S/C13H16BrN3O/c1-7(2)8-4-5-9(10(6-8)18-3)11-12(14)17-13(15)16-11/h4-7H,1-3H3,(H3,15,16,17). The van der Waals surface area contributed by atoms with E-state index in [9.17, 15) is 0 Å². The highest BCUT2D eigenvalue weighted by molar-refractivity contribution is 9.10. The molecule has 1 heterocycles. The zero-order valence-corrected chi connectivity index (χ0v) is 12.2. The number of aromatic amines is 1. The lowest BCUT2D eigenvalue weighted by atomic mass is 10.00. The maximum Gasteiger partial charge on any atom is 0.198 e. The number of methoxy groups -OCH3 is 1. The number of rotatable bonds is 3. The van der Waals surface area contributed by atoms with E-state index in [0.717, 1.165) is 21.6 Å². The second-order valence-electron chi connectivity index (χ2n) is 4.40. The van der Waals surface area contributed by atoms with Crippen molar-refractivity contribution in [2.75, 3.05) is 12.8 Å². The molecule has 2 rings (SSSR count). The van der Waals surface area contributed by atoms with Crippen LogP contribution in [0.4, 0.5) is 5.95 Å². The van der Waals surface area contributed by atoms with Crippen molar-refractivity contribution >= 4 is 21.9 Å². The minimum Gasteiger partial charge on any atom is -0.496 e. The topological polar surface area (TPSA) is 63.9 Å². The average molecular weight is 310 g/mol. The number of imidazole rings is 1. The zero-order valence-electron chi connectivity index (χ0n) is 10.6. The largest absolute Gasteiger partial charge is 0.496 e. The van der Waals surface area contributed by atoms with E-state index in [4.69, 9.17) is 10.5 Å². The van der Waals surface area contributed by atoms with Gasteiger partial charge in [-0.15, -0.1) is 0 Å². The van der Waals surface area contributed by atoms with Gasteiger partial charge < -0.3 is 15.5 Å². The average Bonchev–Trinajstić information content (AvgIpc) is 2.67. The number of nitrogen functional groups attached to an aromatic ring is 1. The van der Waals surface area contributed by atoms with E-state index in [0.29, 0.717) is 11.9 Å². The molecule has 0 aliphatic rings. The molecule has 2 aromatic rings. The number of aromatic nitrogens is 2. The summed E-state index contributed by atoms with van der Waals surface area (Å²) in [7, 11) is 1.66. The van der Waals surface area contributed by atoms with Crippen molar-refractivity contribution < 1.29 is 4.74 Å². The van der Waals surface area contributed by atoms with E-state index >= 15 is 0 Å². The summed E-state index contributed by atoms with van der Waals surface area (Å²) in [5.41, 5.74) is 8.56. The Kier molecular flexibility index (Phi) is 3.61. The first kappa shape index (κ1) is 13.0.